The first-order chi connectivity index (χ1) is 17.7. The van der Waals surface area contributed by atoms with Crippen LogP contribution in [0.15, 0.2) is 84.9 Å². The summed E-state index contributed by atoms with van der Waals surface area (Å²) in [5.74, 6) is 1.15. The van der Waals surface area contributed by atoms with Crippen molar-refractivity contribution in [2.45, 2.75) is 44.8 Å². The third kappa shape index (κ3) is 5.90. The van der Waals surface area contributed by atoms with Crippen LogP contribution in [0.3, 0.4) is 0 Å². The first-order valence-electron chi connectivity index (χ1n) is 13.2. The molecule has 5 heteroatoms. The standard InChI is InChI=1S/C31H37N3O2/c1-24(34(21-25-10-4-2-5-11-25)22-26-12-6-3-7-13-26)23-36-31(35)33-18-16-27(17-19-33)29-20-32-30-15-9-8-14-28(29)30/h2-15,24,27,29,32H,16-23H2,1H3/t24-,29?/m0/s1. The second kappa shape index (κ2) is 11.6. The summed E-state index contributed by atoms with van der Waals surface area (Å²) >= 11 is 0. The van der Waals surface area contributed by atoms with Gasteiger partial charge in [-0.05, 0) is 48.4 Å². The normalized spacial score (nSPS) is 18.5. The molecule has 0 saturated carbocycles. The number of amides is 1. The van der Waals surface area contributed by atoms with Gasteiger partial charge in [0.15, 0.2) is 0 Å². The highest BCUT2D eigenvalue weighted by atomic mass is 16.6. The van der Waals surface area contributed by atoms with Gasteiger partial charge >= 0.3 is 6.09 Å². The zero-order valence-electron chi connectivity index (χ0n) is 21.2. The summed E-state index contributed by atoms with van der Waals surface area (Å²) < 4.78 is 5.85. The molecule has 2 aliphatic rings. The molecule has 188 valence electrons. The molecule has 0 aliphatic carbocycles. The quantitative estimate of drug-likeness (QED) is 0.418. The molecule has 1 unspecified atom stereocenters. The Kier molecular flexibility index (Phi) is 7.87. The summed E-state index contributed by atoms with van der Waals surface area (Å²) in [7, 11) is 0. The molecule has 2 aliphatic heterocycles. The maximum atomic E-state index is 12.9. The number of nitrogens with zero attached hydrogens (tertiary/aromatic N) is 2. The monoisotopic (exact) mass is 483 g/mol. The van der Waals surface area contributed by atoms with E-state index in [-0.39, 0.29) is 12.1 Å². The number of benzene rings is 3. The number of rotatable bonds is 8. The van der Waals surface area contributed by atoms with Crippen molar-refractivity contribution in [1.29, 1.82) is 0 Å². The number of nitrogens with one attached hydrogen (secondary N) is 1. The van der Waals surface area contributed by atoms with E-state index >= 15 is 0 Å². The number of fused-ring (bicyclic) bond motifs is 1. The molecule has 36 heavy (non-hydrogen) atoms. The Morgan fingerprint density at radius 2 is 1.50 bits per heavy atom. The van der Waals surface area contributed by atoms with E-state index in [9.17, 15) is 4.79 Å². The number of para-hydroxylation sites is 1. The maximum Gasteiger partial charge on any atom is 0.409 e. The molecule has 1 fully saturated rings. The summed E-state index contributed by atoms with van der Waals surface area (Å²) in [6.07, 6.45) is 1.88. The van der Waals surface area contributed by atoms with Crippen molar-refractivity contribution in [3.8, 4) is 0 Å². The summed E-state index contributed by atoms with van der Waals surface area (Å²) in [4.78, 5) is 17.2. The molecule has 0 spiro atoms. The van der Waals surface area contributed by atoms with E-state index in [4.69, 9.17) is 4.74 Å². The van der Waals surface area contributed by atoms with Crippen molar-refractivity contribution in [3.63, 3.8) is 0 Å². The van der Waals surface area contributed by atoms with Gasteiger partial charge in [0.05, 0.1) is 0 Å². The fraction of sp³-hybridized carbons (Fsp3) is 0.387. The van der Waals surface area contributed by atoms with Crippen molar-refractivity contribution in [2.24, 2.45) is 5.92 Å². The van der Waals surface area contributed by atoms with Gasteiger partial charge in [-0.15, -0.1) is 0 Å². The van der Waals surface area contributed by atoms with Gasteiger partial charge in [0.25, 0.3) is 0 Å². The van der Waals surface area contributed by atoms with Gasteiger partial charge in [-0.2, -0.15) is 0 Å². The number of hydrogen-bond donors (Lipinski definition) is 1. The van der Waals surface area contributed by atoms with Gasteiger partial charge in [0.1, 0.15) is 6.61 Å². The summed E-state index contributed by atoms with van der Waals surface area (Å²) in [6, 6.07) is 29.7. The van der Waals surface area contributed by atoms with E-state index in [0.717, 1.165) is 45.6 Å². The fourth-order valence-corrected chi connectivity index (χ4v) is 5.61. The maximum absolute atomic E-state index is 12.9. The van der Waals surface area contributed by atoms with Gasteiger partial charge in [-0.25, -0.2) is 4.79 Å². The lowest BCUT2D eigenvalue weighted by Crippen LogP contribution is -2.42. The van der Waals surface area contributed by atoms with Gasteiger partial charge in [-0.3, -0.25) is 4.90 Å². The van der Waals surface area contributed by atoms with Crippen LogP contribution in [-0.2, 0) is 17.8 Å². The molecule has 3 aromatic carbocycles. The lowest BCUT2D eigenvalue weighted by Gasteiger charge is -2.35. The highest BCUT2D eigenvalue weighted by Gasteiger charge is 2.33. The van der Waals surface area contributed by atoms with E-state index in [2.05, 4.69) is 89.9 Å². The van der Waals surface area contributed by atoms with Crippen LogP contribution in [-0.4, -0.2) is 48.2 Å². The van der Waals surface area contributed by atoms with Crippen LogP contribution >= 0.6 is 0 Å². The van der Waals surface area contributed by atoms with Gasteiger partial charge in [0, 0.05) is 50.4 Å². The van der Waals surface area contributed by atoms with Crippen molar-refractivity contribution >= 4 is 11.8 Å². The molecule has 0 bridgehead atoms. The highest BCUT2D eigenvalue weighted by molar-refractivity contribution is 5.67. The number of anilines is 1. The van der Waals surface area contributed by atoms with Crippen molar-refractivity contribution in [2.75, 3.05) is 31.6 Å². The minimum absolute atomic E-state index is 0.105. The number of carbonyl (C=O) groups is 1. The Bertz CT molecular complexity index is 1070. The van der Waals surface area contributed by atoms with Crippen molar-refractivity contribution < 1.29 is 9.53 Å². The van der Waals surface area contributed by atoms with Crippen molar-refractivity contribution in [1.82, 2.24) is 9.80 Å². The van der Waals surface area contributed by atoms with Crippen LogP contribution in [0.5, 0.6) is 0 Å². The minimum Gasteiger partial charge on any atom is -0.448 e. The molecule has 2 heterocycles. The van der Waals surface area contributed by atoms with Crippen LogP contribution in [0.1, 0.15) is 42.4 Å². The summed E-state index contributed by atoms with van der Waals surface area (Å²) in [6.45, 7) is 6.72. The molecule has 3 aromatic rings. The molecule has 5 nitrogen and oxygen atoms in total. The number of ether oxygens (including phenoxy) is 1. The Labute approximate surface area is 215 Å². The minimum atomic E-state index is -0.176. The van der Waals surface area contributed by atoms with Gasteiger partial charge in [0.2, 0.25) is 0 Å². The van der Waals surface area contributed by atoms with Gasteiger partial charge < -0.3 is 15.0 Å². The Morgan fingerprint density at radius 1 is 0.917 bits per heavy atom. The smallest absolute Gasteiger partial charge is 0.409 e. The van der Waals surface area contributed by atoms with Crippen LogP contribution in [0.25, 0.3) is 0 Å². The number of likely N-dealkylation sites (tertiary alicyclic amines) is 1. The predicted molar refractivity (Wildman–Crippen MR) is 145 cm³/mol. The Hall–Kier alpha value is -3.31. The number of hydrogen-bond acceptors (Lipinski definition) is 4. The van der Waals surface area contributed by atoms with Crippen LogP contribution < -0.4 is 5.32 Å². The van der Waals surface area contributed by atoms with Crippen molar-refractivity contribution in [3.05, 3.63) is 102 Å². The lowest BCUT2D eigenvalue weighted by atomic mass is 9.81. The highest BCUT2D eigenvalue weighted by Crippen LogP contribution is 2.40. The zero-order chi connectivity index (χ0) is 24.7. The Balaban J connectivity index is 1.13. The van der Waals surface area contributed by atoms with Crippen LogP contribution in [0, 0.1) is 5.92 Å². The third-order valence-corrected chi connectivity index (χ3v) is 7.77. The molecule has 0 aromatic heterocycles. The molecule has 1 saturated heterocycles. The second-order valence-corrected chi connectivity index (χ2v) is 10.2. The molecular weight excluding hydrogens is 446 g/mol. The number of carbonyl (C=O) groups excluding carboxylic acids is 1. The molecule has 1 N–H and O–H groups in total. The molecular formula is C31H37N3O2. The number of piperidine rings is 1. The molecule has 1 amide bonds. The summed E-state index contributed by atoms with van der Waals surface area (Å²) in [5.41, 5.74) is 5.23. The average Bonchev–Trinajstić information content (AvgIpc) is 3.37. The van der Waals surface area contributed by atoms with E-state index in [1.165, 1.54) is 22.4 Å². The molecule has 2 atom stereocenters. The largest absolute Gasteiger partial charge is 0.448 e. The van der Waals surface area contributed by atoms with E-state index < -0.39 is 0 Å². The zero-order valence-corrected chi connectivity index (χ0v) is 21.2. The second-order valence-electron chi connectivity index (χ2n) is 10.2. The fourth-order valence-electron chi connectivity index (χ4n) is 5.61. The van der Waals surface area contributed by atoms with E-state index in [1.807, 2.05) is 17.0 Å². The molecule has 5 rings (SSSR count). The first-order valence-corrected chi connectivity index (χ1v) is 13.2. The average molecular weight is 484 g/mol. The molecule has 0 radical (unpaired) electrons. The predicted octanol–water partition coefficient (Wildman–Crippen LogP) is 6.14. The van der Waals surface area contributed by atoms with Crippen LogP contribution in [0.2, 0.25) is 0 Å². The third-order valence-electron chi connectivity index (χ3n) is 7.77. The first kappa shape index (κ1) is 24.4. The SMILES string of the molecule is C[C@@H](COC(=O)N1CCC(C2CNc3ccccc32)CC1)N(Cc1ccccc1)Cc1ccccc1. The summed E-state index contributed by atoms with van der Waals surface area (Å²) in [5, 5.41) is 3.55. The Morgan fingerprint density at radius 3 is 2.14 bits per heavy atom. The van der Waals surface area contributed by atoms with Gasteiger partial charge in [-0.1, -0.05) is 78.9 Å². The lowest BCUT2D eigenvalue weighted by molar-refractivity contribution is 0.0550. The topological polar surface area (TPSA) is 44.8 Å². The van der Waals surface area contributed by atoms with E-state index in [0.29, 0.717) is 18.4 Å². The van der Waals surface area contributed by atoms with Crippen LogP contribution in [0.4, 0.5) is 10.5 Å². The van der Waals surface area contributed by atoms with E-state index in [1.54, 1.807) is 0 Å².